The molecule has 0 aromatic heterocycles. The first-order valence-electron chi connectivity index (χ1n) is 6.81. The highest BCUT2D eigenvalue weighted by Crippen LogP contribution is 2.29. The maximum Gasteiger partial charge on any atom is 0.416 e. The predicted octanol–water partition coefficient (Wildman–Crippen LogP) is 4.37. The van der Waals surface area contributed by atoms with Crippen molar-refractivity contribution in [2.24, 2.45) is 0 Å². The molecule has 0 saturated heterocycles. The summed E-state index contributed by atoms with van der Waals surface area (Å²) in [4.78, 5) is 0. The van der Waals surface area contributed by atoms with E-state index in [1.165, 1.54) is 0 Å². The Labute approximate surface area is 123 Å². The highest BCUT2D eigenvalue weighted by molar-refractivity contribution is 7.99. The van der Waals surface area contributed by atoms with Gasteiger partial charge in [-0.1, -0.05) is 26.0 Å². The van der Waals surface area contributed by atoms with E-state index in [9.17, 15) is 13.2 Å². The summed E-state index contributed by atoms with van der Waals surface area (Å²) in [6.07, 6.45) is -2.38. The Morgan fingerprint density at radius 1 is 1.20 bits per heavy atom. The third-order valence-corrected chi connectivity index (χ3v) is 4.83. The smallest absolute Gasteiger partial charge is 0.316 e. The summed E-state index contributed by atoms with van der Waals surface area (Å²) in [5, 5.41) is 3.84. The minimum Gasteiger partial charge on any atom is -0.316 e. The van der Waals surface area contributed by atoms with Crippen LogP contribution in [0.1, 0.15) is 31.4 Å². The molecule has 0 aliphatic rings. The van der Waals surface area contributed by atoms with Crippen LogP contribution in [0.25, 0.3) is 0 Å². The third kappa shape index (κ3) is 5.75. The zero-order valence-corrected chi connectivity index (χ0v) is 12.9. The van der Waals surface area contributed by atoms with E-state index in [0.717, 1.165) is 36.3 Å². The van der Waals surface area contributed by atoms with E-state index in [1.54, 1.807) is 12.1 Å². The van der Waals surface area contributed by atoms with Crippen molar-refractivity contribution in [3.63, 3.8) is 0 Å². The molecule has 114 valence electrons. The van der Waals surface area contributed by atoms with Crippen LogP contribution in [0.3, 0.4) is 0 Å². The van der Waals surface area contributed by atoms with Gasteiger partial charge in [0, 0.05) is 17.0 Å². The van der Waals surface area contributed by atoms with Gasteiger partial charge in [-0.05, 0) is 37.6 Å². The molecule has 0 heterocycles. The van der Waals surface area contributed by atoms with Gasteiger partial charge in [0.05, 0.1) is 5.56 Å². The molecule has 1 aromatic rings. The van der Waals surface area contributed by atoms with Crippen LogP contribution in [-0.4, -0.2) is 24.1 Å². The summed E-state index contributed by atoms with van der Waals surface area (Å²) >= 11 is 1.89. The quantitative estimate of drug-likeness (QED) is 0.803. The van der Waals surface area contributed by atoms with Gasteiger partial charge in [0.15, 0.2) is 0 Å². The predicted molar refractivity (Wildman–Crippen MR) is 80.2 cm³/mol. The molecular formula is C15H22F3NS. The maximum absolute atomic E-state index is 12.5. The molecule has 20 heavy (non-hydrogen) atoms. The second-order valence-electron chi connectivity index (χ2n) is 4.94. The van der Waals surface area contributed by atoms with E-state index in [-0.39, 0.29) is 6.04 Å². The Kier molecular flexibility index (Phi) is 6.89. The molecule has 1 rings (SSSR count). The number of likely N-dealkylation sites (N-methyl/N-ethyl adjacent to an activating group) is 1. The maximum atomic E-state index is 12.5. The number of hydrogen-bond acceptors (Lipinski definition) is 2. The largest absolute Gasteiger partial charge is 0.416 e. The fourth-order valence-electron chi connectivity index (χ4n) is 1.76. The summed E-state index contributed by atoms with van der Waals surface area (Å²) in [6, 6.07) is 5.74. The minimum absolute atomic E-state index is 0.283. The molecule has 1 N–H and O–H groups in total. The van der Waals surface area contributed by atoms with Crippen molar-refractivity contribution in [3.8, 4) is 0 Å². The van der Waals surface area contributed by atoms with Crippen molar-refractivity contribution in [2.75, 3.05) is 12.8 Å². The molecule has 1 aromatic carbocycles. The number of halogens is 3. The van der Waals surface area contributed by atoms with Gasteiger partial charge in [0.25, 0.3) is 0 Å². The summed E-state index contributed by atoms with van der Waals surface area (Å²) in [5.74, 6) is 0.965. The van der Waals surface area contributed by atoms with Crippen LogP contribution >= 0.6 is 11.8 Å². The topological polar surface area (TPSA) is 12.0 Å². The monoisotopic (exact) mass is 305 g/mol. The molecule has 0 bridgehead atoms. The number of nitrogens with one attached hydrogen (secondary N) is 1. The molecule has 0 aliphatic heterocycles. The van der Waals surface area contributed by atoms with Gasteiger partial charge in [-0.3, -0.25) is 0 Å². The van der Waals surface area contributed by atoms with Crippen LogP contribution in [0, 0.1) is 0 Å². The molecule has 5 heteroatoms. The van der Waals surface area contributed by atoms with Gasteiger partial charge in [-0.15, -0.1) is 0 Å². The van der Waals surface area contributed by atoms with Crippen molar-refractivity contribution < 1.29 is 13.2 Å². The van der Waals surface area contributed by atoms with Gasteiger partial charge in [0.1, 0.15) is 0 Å². The first-order chi connectivity index (χ1) is 9.36. The van der Waals surface area contributed by atoms with Gasteiger partial charge >= 0.3 is 6.18 Å². The molecule has 1 nitrogen and oxygen atoms in total. The van der Waals surface area contributed by atoms with Crippen LogP contribution in [-0.2, 0) is 12.6 Å². The van der Waals surface area contributed by atoms with Crippen molar-refractivity contribution in [3.05, 3.63) is 35.4 Å². The van der Waals surface area contributed by atoms with Crippen LogP contribution in [0.2, 0.25) is 0 Å². The lowest BCUT2D eigenvalue weighted by Crippen LogP contribution is -2.30. The molecule has 0 amide bonds. The Hall–Kier alpha value is -0.680. The summed E-state index contributed by atoms with van der Waals surface area (Å²) in [5.41, 5.74) is 0.346. The third-order valence-electron chi connectivity index (χ3n) is 3.33. The first-order valence-corrected chi connectivity index (χ1v) is 7.86. The van der Waals surface area contributed by atoms with E-state index >= 15 is 0 Å². The Balaban J connectivity index is 2.57. The molecule has 0 spiro atoms. The zero-order chi connectivity index (χ0) is 15.2. The number of hydrogen-bond donors (Lipinski definition) is 1. The first kappa shape index (κ1) is 17.4. The molecular weight excluding hydrogens is 283 g/mol. The Morgan fingerprint density at radius 2 is 1.80 bits per heavy atom. The van der Waals surface area contributed by atoms with Gasteiger partial charge in [-0.2, -0.15) is 24.9 Å². The van der Waals surface area contributed by atoms with Crippen LogP contribution < -0.4 is 5.32 Å². The lowest BCUT2D eigenvalue weighted by Gasteiger charge is -2.18. The van der Waals surface area contributed by atoms with Crippen LogP contribution in [0.4, 0.5) is 13.2 Å². The lowest BCUT2D eigenvalue weighted by atomic mass is 10.1. The Morgan fingerprint density at radius 3 is 2.25 bits per heavy atom. The van der Waals surface area contributed by atoms with E-state index in [4.69, 9.17) is 0 Å². The van der Waals surface area contributed by atoms with E-state index < -0.39 is 11.7 Å². The van der Waals surface area contributed by atoms with Gasteiger partial charge < -0.3 is 5.32 Å². The van der Waals surface area contributed by atoms with Gasteiger partial charge in [-0.25, -0.2) is 0 Å². The van der Waals surface area contributed by atoms with Crippen molar-refractivity contribution >= 4 is 11.8 Å². The molecule has 0 fully saturated rings. The lowest BCUT2D eigenvalue weighted by molar-refractivity contribution is -0.137. The average molecular weight is 305 g/mol. The second-order valence-corrected chi connectivity index (χ2v) is 6.41. The average Bonchev–Trinajstić information content (AvgIpc) is 2.42. The van der Waals surface area contributed by atoms with E-state index in [2.05, 4.69) is 19.2 Å². The molecule has 0 radical (unpaired) electrons. The normalized spacial score (nSPS) is 15.1. The number of alkyl halides is 3. The molecule has 2 unspecified atom stereocenters. The second kappa shape index (κ2) is 7.93. The number of rotatable bonds is 7. The van der Waals surface area contributed by atoms with Crippen LogP contribution in [0.15, 0.2) is 24.3 Å². The standard InChI is InChI=1S/C15H22F3NS/c1-4-11(2)20-10-14(19-3)9-12-5-7-13(8-6-12)15(16,17)18/h5-8,11,14,19H,4,9-10H2,1-3H3. The van der Waals surface area contributed by atoms with Crippen molar-refractivity contribution in [2.45, 2.75) is 44.2 Å². The van der Waals surface area contributed by atoms with Gasteiger partial charge in [0.2, 0.25) is 0 Å². The van der Waals surface area contributed by atoms with Crippen molar-refractivity contribution in [1.29, 1.82) is 0 Å². The van der Waals surface area contributed by atoms with E-state index in [0.29, 0.717) is 5.25 Å². The van der Waals surface area contributed by atoms with E-state index in [1.807, 2.05) is 18.8 Å². The zero-order valence-electron chi connectivity index (χ0n) is 12.1. The summed E-state index contributed by atoms with van der Waals surface area (Å²) in [6.45, 7) is 4.34. The summed E-state index contributed by atoms with van der Waals surface area (Å²) < 4.78 is 37.4. The van der Waals surface area contributed by atoms with Crippen molar-refractivity contribution in [1.82, 2.24) is 5.32 Å². The summed E-state index contributed by atoms with van der Waals surface area (Å²) in [7, 11) is 1.89. The van der Waals surface area contributed by atoms with Crippen LogP contribution in [0.5, 0.6) is 0 Å². The fraction of sp³-hybridized carbons (Fsp3) is 0.600. The fourth-order valence-corrected chi connectivity index (χ4v) is 2.84. The Bertz CT molecular complexity index is 389. The highest BCUT2D eigenvalue weighted by atomic mass is 32.2. The molecule has 0 saturated carbocycles. The highest BCUT2D eigenvalue weighted by Gasteiger charge is 2.29. The SMILES string of the molecule is CCC(C)SCC(Cc1ccc(C(F)(F)F)cc1)NC. The molecule has 0 aliphatic carbocycles. The number of benzene rings is 1. The minimum atomic E-state index is -4.26. The molecule has 2 atom stereocenters. The number of thioether (sulfide) groups is 1.